The number of ether oxygens (including phenoxy) is 1. The largest absolute Gasteiger partial charge is 0.504 e. The van der Waals surface area contributed by atoms with Crippen molar-refractivity contribution < 1.29 is 14.6 Å². The number of phenolic OH excluding ortho intramolecular Hbond substituents is 1. The van der Waals surface area contributed by atoms with Gasteiger partial charge in [0.05, 0.1) is 7.11 Å². The molecule has 1 unspecified atom stereocenters. The number of carbonyl (C=O) groups is 1. The maximum absolute atomic E-state index is 12.3. The first-order chi connectivity index (χ1) is 8.61. The van der Waals surface area contributed by atoms with E-state index in [9.17, 15) is 9.90 Å². The van der Waals surface area contributed by atoms with Crippen LogP contribution in [-0.2, 0) is 0 Å². The second-order valence-electron chi connectivity index (χ2n) is 4.89. The van der Waals surface area contributed by atoms with Crippen molar-refractivity contribution in [3.8, 4) is 11.5 Å². The summed E-state index contributed by atoms with van der Waals surface area (Å²) in [7, 11) is 1.48. The Morgan fingerprint density at radius 1 is 1.50 bits per heavy atom. The first kappa shape index (κ1) is 12.7. The fourth-order valence-electron chi connectivity index (χ4n) is 2.37. The number of benzene rings is 1. The molecule has 0 aromatic heterocycles. The molecule has 1 N–H and O–H groups in total. The van der Waals surface area contributed by atoms with Crippen molar-refractivity contribution in [2.75, 3.05) is 20.2 Å². The minimum atomic E-state index is 0.0138. The summed E-state index contributed by atoms with van der Waals surface area (Å²) in [6.45, 7) is 3.78. The average Bonchev–Trinajstić information content (AvgIpc) is 2.38. The van der Waals surface area contributed by atoms with E-state index in [2.05, 4.69) is 6.92 Å². The number of carbonyl (C=O) groups excluding carboxylic acids is 1. The number of aromatic hydroxyl groups is 1. The van der Waals surface area contributed by atoms with Crippen LogP contribution >= 0.6 is 0 Å². The number of hydrogen-bond donors (Lipinski definition) is 1. The smallest absolute Gasteiger partial charge is 0.254 e. The zero-order valence-corrected chi connectivity index (χ0v) is 10.8. The van der Waals surface area contributed by atoms with Crippen molar-refractivity contribution in [1.29, 1.82) is 0 Å². The fourth-order valence-corrected chi connectivity index (χ4v) is 2.37. The van der Waals surface area contributed by atoms with Gasteiger partial charge in [-0.25, -0.2) is 0 Å². The van der Waals surface area contributed by atoms with E-state index in [1.54, 1.807) is 12.1 Å². The molecule has 0 aliphatic carbocycles. The molecule has 4 heteroatoms. The van der Waals surface area contributed by atoms with E-state index in [0.717, 1.165) is 19.5 Å². The summed E-state index contributed by atoms with van der Waals surface area (Å²) in [6.07, 6.45) is 2.24. The Hall–Kier alpha value is -1.71. The van der Waals surface area contributed by atoms with Crippen molar-refractivity contribution in [2.24, 2.45) is 5.92 Å². The summed E-state index contributed by atoms with van der Waals surface area (Å²) < 4.78 is 5.02. The molecule has 98 valence electrons. The second-order valence-corrected chi connectivity index (χ2v) is 4.89. The van der Waals surface area contributed by atoms with Crippen LogP contribution in [0.3, 0.4) is 0 Å². The van der Waals surface area contributed by atoms with Gasteiger partial charge in [-0.1, -0.05) is 6.92 Å². The zero-order chi connectivity index (χ0) is 13.1. The lowest BCUT2D eigenvalue weighted by Crippen LogP contribution is -2.39. The van der Waals surface area contributed by atoms with Crippen molar-refractivity contribution >= 4 is 5.91 Å². The predicted molar refractivity (Wildman–Crippen MR) is 69.0 cm³/mol. The number of hydrogen-bond acceptors (Lipinski definition) is 3. The third-order valence-electron chi connectivity index (χ3n) is 3.37. The van der Waals surface area contributed by atoms with Gasteiger partial charge in [-0.05, 0) is 37.0 Å². The maximum atomic E-state index is 12.3. The van der Waals surface area contributed by atoms with E-state index in [4.69, 9.17) is 4.74 Å². The molecule has 0 bridgehead atoms. The molecule has 1 aromatic rings. The molecule has 1 amide bonds. The molecule has 0 saturated carbocycles. The van der Waals surface area contributed by atoms with Crippen molar-refractivity contribution in [2.45, 2.75) is 19.8 Å². The van der Waals surface area contributed by atoms with Crippen molar-refractivity contribution in [3.63, 3.8) is 0 Å². The number of rotatable bonds is 2. The van der Waals surface area contributed by atoms with E-state index in [1.165, 1.54) is 19.6 Å². The quantitative estimate of drug-likeness (QED) is 0.874. The molecule has 1 heterocycles. The minimum Gasteiger partial charge on any atom is -0.504 e. The first-order valence-electron chi connectivity index (χ1n) is 6.28. The molecule has 1 fully saturated rings. The molecule has 0 radical (unpaired) electrons. The highest BCUT2D eigenvalue weighted by Crippen LogP contribution is 2.27. The summed E-state index contributed by atoms with van der Waals surface area (Å²) in [5, 5.41) is 9.52. The molecule has 1 saturated heterocycles. The third-order valence-corrected chi connectivity index (χ3v) is 3.37. The van der Waals surface area contributed by atoms with Crippen LogP contribution < -0.4 is 4.74 Å². The Morgan fingerprint density at radius 2 is 2.28 bits per heavy atom. The van der Waals surface area contributed by atoms with Crippen LogP contribution in [0, 0.1) is 5.92 Å². The lowest BCUT2D eigenvalue weighted by atomic mass is 9.99. The molecular formula is C14H19NO3. The van der Waals surface area contributed by atoms with E-state index >= 15 is 0 Å². The number of nitrogens with zero attached hydrogens (tertiary/aromatic N) is 1. The summed E-state index contributed by atoms with van der Waals surface area (Å²) in [5.74, 6) is 0.966. The van der Waals surface area contributed by atoms with Gasteiger partial charge < -0.3 is 14.7 Å². The molecule has 1 aliphatic heterocycles. The van der Waals surface area contributed by atoms with Crippen LogP contribution in [0.4, 0.5) is 0 Å². The monoisotopic (exact) mass is 249 g/mol. The van der Waals surface area contributed by atoms with Crippen LogP contribution in [-0.4, -0.2) is 36.1 Å². The maximum Gasteiger partial charge on any atom is 0.254 e. The van der Waals surface area contributed by atoms with E-state index < -0.39 is 0 Å². The predicted octanol–water partition coefficient (Wildman–Crippen LogP) is 2.27. The average molecular weight is 249 g/mol. The van der Waals surface area contributed by atoms with Crippen molar-refractivity contribution in [3.05, 3.63) is 23.8 Å². The van der Waals surface area contributed by atoms with Gasteiger partial charge in [0.15, 0.2) is 11.5 Å². The highest BCUT2D eigenvalue weighted by atomic mass is 16.5. The molecule has 2 rings (SSSR count). The molecule has 1 atom stereocenters. The molecule has 18 heavy (non-hydrogen) atoms. The number of methoxy groups -OCH3 is 1. The fraction of sp³-hybridized carbons (Fsp3) is 0.500. The Bertz CT molecular complexity index is 445. The summed E-state index contributed by atoms with van der Waals surface area (Å²) in [5.41, 5.74) is 0.568. The van der Waals surface area contributed by atoms with E-state index in [0.29, 0.717) is 17.2 Å². The van der Waals surface area contributed by atoms with Crippen LogP contribution in [0.15, 0.2) is 18.2 Å². The van der Waals surface area contributed by atoms with E-state index in [1.807, 2.05) is 4.90 Å². The van der Waals surface area contributed by atoms with Gasteiger partial charge in [0.1, 0.15) is 0 Å². The Balaban J connectivity index is 2.17. The van der Waals surface area contributed by atoms with Crippen LogP contribution in [0.1, 0.15) is 30.1 Å². The lowest BCUT2D eigenvalue weighted by Gasteiger charge is -2.31. The van der Waals surface area contributed by atoms with Gasteiger partial charge >= 0.3 is 0 Å². The minimum absolute atomic E-state index is 0.0138. The van der Waals surface area contributed by atoms with Crippen LogP contribution in [0.5, 0.6) is 11.5 Å². The van der Waals surface area contributed by atoms with Crippen LogP contribution in [0.25, 0.3) is 0 Å². The van der Waals surface area contributed by atoms with Gasteiger partial charge in [0.25, 0.3) is 5.91 Å². The Labute approximate surface area is 107 Å². The number of amides is 1. The Morgan fingerprint density at radius 3 is 2.94 bits per heavy atom. The van der Waals surface area contributed by atoms with Gasteiger partial charge in [-0.2, -0.15) is 0 Å². The summed E-state index contributed by atoms with van der Waals surface area (Å²) in [4.78, 5) is 14.2. The lowest BCUT2D eigenvalue weighted by molar-refractivity contribution is 0.0682. The summed E-state index contributed by atoms with van der Waals surface area (Å²) in [6, 6.07) is 4.73. The van der Waals surface area contributed by atoms with E-state index in [-0.39, 0.29) is 11.7 Å². The molecule has 0 spiro atoms. The summed E-state index contributed by atoms with van der Waals surface area (Å²) >= 11 is 0. The normalized spacial score (nSPS) is 19.7. The zero-order valence-electron chi connectivity index (χ0n) is 10.8. The number of likely N-dealkylation sites (tertiary alicyclic amines) is 1. The molecule has 1 aromatic carbocycles. The SMILES string of the molecule is COc1cc(C(=O)N2CCCC(C)C2)ccc1O. The topological polar surface area (TPSA) is 49.8 Å². The van der Waals surface area contributed by atoms with Crippen LogP contribution in [0.2, 0.25) is 0 Å². The van der Waals surface area contributed by atoms with Crippen molar-refractivity contribution in [1.82, 2.24) is 4.90 Å². The van der Waals surface area contributed by atoms with Gasteiger partial charge in [-0.15, -0.1) is 0 Å². The second kappa shape index (κ2) is 5.29. The number of piperidine rings is 1. The standard InChI is InChI=1S/C14H19NO3/c1-10-4-3-7-15(9-10)14(17)11-5-6-12(16)13(8-11)18-2/h5-6,8,10,16H,3-4,7,9H2,1-2H3. The Kier molecular flexibility index (Phi) is 3.75. The highest BCUT2D eigenvalue weighted by Gasteiger charge is 2.22. The highest BCUT2D eigenvalue weighted by molar-refractivity contribution is 5.95. The molecule has 1 aliphatic rings. The van der Waals surface area contributed by atoms with Gasteiger partial charge in [0.2, 0.25) is 0 Å². The van der Waals surface area contributed by atoms with Gasteiger partial charge in [-0.3, -0.25) is 4.79 Å². The first-order valence-corrected chi connectivity index (χ1v) is 6.28. The molecular weight excluding hydrogens is 230 g/mol. The third kappa shape index (κ3) is 2.58. The number of phenols is 1. The van der Waals surface area contributed by atoms with Gasteiger partial charge in [0, 0.05) is 18.7 Å². The molecule has 4 nitrogen and oxygen atoms in total.